The van der Waals surface area contributed by atoms with Gasteiger partial charge in [-0.2, -0.15) is 0 Å². The van der Waals surface area contributed by atoms with Gasteiger partial charge < -0.3 is 23.8 Å². The van der Waals surface area contributed by atoms with Gasteiger partial charge in [-0.3, -0.25) is 4.79 Å². The normalized spacial score (nSPS) is 13.7. The van der Waals surface area contributed by atoms with E-state index in [1.54, 1.807) is 31.2 Å². The molecule has 1 unspecified atom stereocenters. The van der Waals surface area contributed by atoms with Crippen molar-refractivity contribution >= 4 is 5.91 Å². The summed E-state index contributed by atoms with van der Waals surface area (Å²) >= 11 is 0. The molecular formula is C16H16N2O5. The molecule has 23 heavy (non-hydrogen) atoms. The third-order valence-corrected chi connectivity index (χ3v) is 3.27. The summed E-state index contributed by atoms with van der Waals surface area (Å²) in [5.41, 5.74) is -1.02. The van der Waals surface area contributed by atoms with Crippen LogP contribution >= 0.6 is 0 Å². The van der Waals surface area contributed by atoms with Crippen LogP contribution in [0.3, 0.4) is 0 Å². The van der Waals surface area contributed by atoms with Gasteiger partial charge in [0.1, 0.15) is 5.76 Å². The van der Waals surface area contributed by atoms with E-state index in [4.69, 9.17) is 13.4 Å². The Labute approximate surface area is 131 Å². The van der Waals surface area contributed by atoms with Crippen molar-refractivity contribution in [3.63, 3.8) is 0 Å². The molecule has 3 rings (SSSR count). The number of furan rings is 2. The number of hydrogen-bond donors (Lipinski definition) is 2. The average Bonchev–Trinajstić information content (AvgIpc) is 3.24. The van der Waals surface area contributed by atoms with E-state index in [-0.39, 0.29) is 18.7 Å². The molecule has 1 amide bonds. The topological polar surface area (TPSA) is 102 Å². The lowest BCUT2D eigenvalue weighted by Crippen LogP contribution is -2.42. The van der Waals surface area contributed by atoms with E-state index in [9.17, 15) is 9.90 Å². The Hall–Kier alpha value is -2.80. The number of aromatic nitrogens is 1. The molecule has 0 aliphatic carbocycles. The molecule has 0 saturated carbocycles. The fourth-order valence-corrected chi connectivity index (χ4v) is 2.13. The summed E-state index contributed by atoms with van der Waals surface area (Å²) in [6.07, 6.45) is 3.33. The molecule has 0 spiro atoms. The molecule has 0 aliphatic rings. The van der Waals surface area contributed by atoms with Crippen LogP contribution in [0.15, 0.2) is 56.2 Å². The van der Waals surface area contributed by atoms with Crippen molar-refractivity contribution in [3.8, 4) is 11.5 Å². The van der Waals surface area contributed by atoms with Gasteiger partial charge in [0.05, 0.1) is 18.1 Å². The summed E-state index contributed by atoms with van der Waals surface area (Å²) in [5.74, 6) is 1.06. The first kappa shape index (κ1) is 15.1. The Balaban J connectivity index is 1.59. The van der Waals surface area contributed by atoms with Gasteiger partial charge in [0.2, 0.25) is 5.76 Å². The molecule has 3 aromatic heterocycles. The standard InChI is InChI=1S/C16H16N2O5/c1-16(20,9-11-4-2-6-21-11)10-17-15(19)12-8-14(23-18-12)13-5-3-7-22-13/h2-8,20H,9-10H2,1H3,(H,17,19). The lowest BCUT2D eigenvalue weighted by molar-refractivity contribution is 0.0508. The maximum Gasteiger partial charge on any atom is 0.273 e. The van der Waals surface area contributed by atoms with Crippen LogP contribution in [0.5, 0.6) is 0 Å². The Bertz CT molecular complexity index is 756. The van der Waals surface area contributed by atoms with Gasteiger partial charge >= 0.3 is 0 Å². The minimum Gasteiger partial charge on any atom is -0.469 e. The quantitative estimate of drug-likeness (QED) is 0.723. The lowest BCUT2D eigenvalue weighted by Gasteiger charge is -2.22. The molecule has 0 bridgehead atoms. The second kappa shape index (κ2) is 6.13. The summed E-state index contributed by atoms with van der Waals surface area (Å²) in [5, 5.41) is 16.6. The van der Waals surface area contributed by atoms with Crippen molar-refractivity contribution in [3.05, 3.63) is 54.3 Å². The molecule has 0 aromatic carbocycles. The number of carbonyl (C=O) groups is 1. The third kappa shape index (κ3) is 3.70. The maximum absolute atomic E-state index is 12.1. The van der Waals surface area contributed by atoms with Crippen LogP contribution in [-0.4, -0.2) is 28.3 Å². The molecule has 0 radical (unpaired) electrons. The molecule has 0 fully saturated rings. The van der Waals surface area contributed by atoms with Crippen molar-refractivity contribution in [2.75, 3.05) is 6.54 Å². The fraction of sp³-hybridized carbons (Fsp3) is 0.250. The van der Waals surface area contributed by atoms with Crippen LogP contribution < -0.4 is 5.32 Å². The maximum atomic E-state index is 12.1. The summed E-state index contributed by atoms with van der Waals surface area (Å²) < 4.78 is 15.4. The number of aliphatic hydroxyl groups is 1. The van der Waals surface area contributed by atoms with Gasteiger partial charge in [-0.1, -0.05) is 5.16 Å². The molecule has 0 aliphatic heterocycles. The van der Waals surface area contributed by atoms with Crippen molar-refractivity contribution in [2.45, 2.75) is 18.9 Å². The van der Waals surface area contributed by atoms with Gasteiger partial charge in [0.25, 0.3) is 5.91 Å². The van der Waals surface area contributed by atoms with Crippen LogP contribution in [0.2, 0.25) is 0 Å². The molecule has 3 heterocycles. The van der Waals surface area contributed by atoms with Gasteiger partial charge in [0, 0.05) is 19.0 Å². The molecule has 3 aromatic rings. The van der Waals surface area contributed by atoms with Crippen LogP contribution in [0.1, 0.15) is 23.2 Å². The van der Waals surface area contributed by atoms with E-state index in [0.717, 1.165) is 0 Å². The van der Waals surface area contributed by atoms with Gasteiger partial charge in [-0.25, -0.2) is 0 Å². The zero-order valence-electron chi connectivity index (χ0n) is 12.5. The van der Waals surface area contributed by atoms with Gasteiger partial charge in [-0.15, -0.1) is 0 Å². The zero-order valence-corrected chi connectivity index (χ0v) is 12.5. The predicted octanol–water partition coefficient (Wildman–Crippen LogP) is 2.25. The van der Waals surface area contributed by atoms with E-state index >= 15 is 0 Å². The van der Waals surface area contributed by atoms with Crippen molar-refractivity contribution in [1.29, 1.82) is 0 Å². The van der Waals surface area contributed by atoms with Crippen LogP contribution in [0, 0.1) is 0 Å². The molecule has 120 valence electrons. The lowest BCUT2D eigenvalue weighted by atomic mass is 10.0. The van der Waals surface area contributed by atoms with Crippen molar-refractivity contribution in [1.82, 2.24) is 10.5 Å². The Morgan fingerprint density at radius 3 is 2.74 bits per heavy atom. The van der Waals surface area contributed by atoms with Crippen molar-refractivity contribution in [2.24, 2.45) is 0 Å². The highest BCUT2D eigenvalue weighted by atomic mass is 16.5. The molecule has 7 nitrogen and oxygen atoms in total. The monoisotopic (exact) mass is 316 g/mol. The second-order valence-corrected chi connectivity index (χ2v) is 5.49. The second-order valence-electron chi connectivity index (χ2n) is 5.49. The van der Waals surface area contributed by atoms with Crippen LogP contribution in [-0.2, 0) is 6.42 Å². The summed E-state index contributed by atoms with van der Waals surface area (Å²) in [4.78, 5) is 12.1. The van der Waals surface area contributed by atoms with E-state index in [1.165, 1.54) is 18.6 Å². The summed E-state index contributed by atoms with van der Waals surface area (Å²) in [6.45, 7) is 1.67. The first-order chi connectivity index (χ1) is 11.0. The Kier molecular flexibility index (Phi) is 4.03. The fourth-order valence-electron chi connectivity index (χ4n) is 2.13. The number of carbonyl (C=O) groups excluding carboxylic acids is 1. The van der Waals surface area contributed by atoms with Gasteiger partial charge in [0.15, 0.2) is 11.5 Å². The average molecular weight is 316 g/mol. The molecule has 7 heteroatoms. The molecule has 2 N–H and O–H groups in total. The SMILES string of the molecule is CC(O)(CNC(=O)c1cc(-c2ccco2)on1)Cc1ccco1. The molecule has 0 saturated heterocycles. The highest BCUT2D eigenvalue weighted by Gasteiger charge is 2.24. The minimum absolute atomic E-state index is 0.0511. The van der Waals surface area contributed by atoms with Crippen molar-refractivity contribution < 1.29 is 23.3 Å². The summed E-state index contributed by atoms with van der Waals surface area (Å²) in [7, 11) is 0. The van der Waals surface area contributed by atoms with Gasteiger partial charge in [-0.05, 0) is 31.2 Å². The van der Waals surface area contributed by atoms with E-state index in [1.807, 2.05) is 0 Å². The number of hydrogen-bond acceptors (Lipinski definition) is 6. The Morgan fingerprint density at radius 2 is 2.04 bits per heavy atom. The molecular weight excluding hydrogens is 300 g/mol. The van der Waals surface area contributed by atoms with Crippen LogP contribution in [0.25, 0.3) is 11.5 Å². The predicted molar refractivity (Wildman–Crippen MR) is 79.6 cm³/mol. The Morgan fingerprint density at radius 1 is 1.26 bits per heavy atom. The number of nitrogens with one attached hydrogen (secondary N) is 1. The first-order valence-electron chi connectivity index (χ1n) is 7.07. The highest BCUT2D eigenvalue weighted by Crippen LogP contribution is 2.20. The number of amides is 1. The van der Waals surface area contributed by atoms with Crippen LogP contribution in [0.4, 0.5) is 0 Å². The van der Waals surface area contributed by atoms with E-state index in [0.29, 0.717) is 17.3 Å². The number of rotatable bonds is 6. The summed E-state index contributed by atoms with van der Waals surface area (Å²) in [6, 6.07) is 8.41. The minimum atomic E-state index is -1.14. The first-order valence-corrected chi connectivity index (χ1v) is 7.07. The third-order valence-electron chi connectivity index (χ3n) is 3.27. The molecule has 1 atom stereocenters. The number of nitrogens with zero attached hydrogens (tertiary/aromatic N) is 1. The largest absolute Gasteiger partial charge is 0.469 e. The van der Waals surface area contributed by atoms with E-state index < -0.39 is 11.5 Å². The smallest absolute Gasteiger partial charge is 0.273 e. The zero-order chi connectivity index (χ0) is 16.3. The van der Waals surface area contributed by atoms with E-state index in [2.05, 4.69) is 10.5 Å². The highest BCUT2D eigenvalue weighted by molar-refractivity contribution is 5.92.